The quantitative estimate of drug-likeness (QED) is 0.680. The van der Waals surface area contributed by atoms with Crippen LogP contribution in [0.1, 0.15) is 0 Å². The van der Waals surface area contributed by atoms with E-state index in [0.29, 0.717) is 5.02 Å². The predicted octanol–water partition coefficient (Wildman–Crippen LogP) is 1.85. The van der Waals surface area contributed by atoms with Crippen molar-refractivity contribution < 1.29 is 14.3 Å². The van der Waals surface area contributed by atoms with Crippen molar-refractivity contribution >= 4 is 34.4 Å². The average Bonchev–Trinajstić information content (AvgIpc) is 3.24. The molecule has 0 spiro atoms. The van der Waals surface area contributed by atoms with Gasteiger partial charge in [-0.2, -0.15) is 0 Å². The van der Waals surface area contributed by atoms with Crippen molar-refractivity contribution in [2.45, 2.75) is 19.1 Å². The fourth-order valence-electron chi connectivity index (χ4n) is 2.62. The molecule has 1 aromatic carbocycles. The van der Waals surface area contributed by atoms with Gasteiger partial charge in [-0.25, -0.2) is 9.78 Å². The largest absolute Gasteiger partial charge is 0.467 e. The summed E-state index contributed by atoms with van der Waals surface area (Å²) < 4.78 is 8.25. The van der Waals surface area contributed by atoms with Gasteiger partial charge in [0, 0.05) is 29.1 Å². The van der Waals surface area contributed by atoms with Crippen LogP contribution in [-0.2, 0) is 27.4 Å². The molecule has 0 radical (unpaired) electrons. The molecule has 1 N–H and O–H groups in total. The van der Waals surface area contributed by atoms with E-state index in [1.165, 1.54) is 7.11 Å². The van der Waals surface area contributed by atoms with Crippen molar-refractivity contribution in [3.8, 4) is 0 Å². The fourth-order valence-corrected chi connectivity index (χ4v) is 2.78. The third-order valence-corrected chi connectivity index (χ3v) is 4.06. The number of hydrogen-bond acceptors (Lipinski definition) is 4. The van der Waals surface area contributed by atoms with Crippen LogP contribution < -0.4 is 5.32 Å². The molecule has 25 heavy (non-hydrogen) atoms. The minimum absolute atomic E-state index is 0.0707. The number of methoxy groups -OCH3 is 1. The van der Waals surface area contributed by atoms with Gasteiger partial charge in [-0.15, -0.1) is 0 Å². The molecule has 0 aliphatic carbocycles. The summed E-state index contributed by atoms with van der Waals surface area (Å²) in [5.41, 5.74) is 0.854. The third-order valence-electron chi connectivity index (χ3n) is 3.82. The maximum Gasteiger partial charge on any atom is 0.330 e. The highest BCUT2D eigenvalue weighted by Gasteiger charge is 2.22. The van der Waals surface area contributed by atoms with E-state index in [4.69, 9.17) is 16.3 Å². The number of aromatic nitrogens is 3. The Hall–Kier alpha value is -2.80. The van der Waals surface area contributed by atoms with Gasteiger partial charge in [0.15, 0.2) is 0 Å². The minimum atomic E-state index is -0.794. The number of ether oxygens (including phenoxy) is 1. The van der Waals surface area contributed by atoms with Gasteiger partial charge >= 0.3 is 5.97 Å². The Labute approximate surface area is 149 Å². The Bertz CT molecular complexity index is 889. The second-order valence-corrected chi connectivity index (χ2v) is 5.99. The monoisotopic (exact) mass is 360 g/mol. The molecule has 0 bridgehead atoms. The summed E-state index contributed by atoms with van der Waals surface area (Å²) in [6.07, 6.45) is 6.70. The average molecular weight is 361 g/mol. The number of carbonyl (C=O) groups excluding carboxylic acids is 2. The van der Waals surface area contributed by atoms with E-state index < -0.39 is 12.0 Å². The van der Waals surface area contributed by atoms with Gasteiger partial charge in [-0.3, -0.25) is 4.79 Å². The highest BCUT2D eigenvalue weighted by molar-refractivity contribution is 6.31. The molecule has 7 nitrogen and oxygen atoms in total. The van der Waals surface area contributed by atoms with Crippen molar-refractivity contribution in [3.63, 3.8) is 0 Å². The molecule has 0 unspecified atom stereocenters. The first-order valence-electron chi connectivity index (χ1n) is 7.64. The van der Waals surface area contributed by atoms with Crippen LogP contribution in [-0.4, -0.2) is 39.1 Å². The van der Waals surface area contributed by atoms with Gasteiger partial charge in [0.1, 0.15) is 12.6 Å². The summed E-state index contributed by atoms with van der Waals surface area (Å²) in [6.45, 7) is 0.317. The third kappa shape index (κ3) is 4.00. The number of imidazole rings is 1. The van der Waals surface area contributed by atoms with Gasteiger partial charge in [0.25, 0.3) is 0 Å². The van der Waals surface area contributed by atoms with Crippen LogP contribution in [0, 0.1) is 0 Å². The first-order chi connectivity index (χ1) is 12.1. The topological polar surface area (TPSA) is 78.2 Å². The maximum atomic E-state index is 12.4. The summed E-state index contributed by atoms with van der Waals surface area (Å²) >= 11 is 6.02. The molecule has 0 aliphatic rings. The first kappa shape index (κ1) is 17.0. The summed E-state index contributed by atoms with van der Waals surface area (Å²) in [6, 6.07) is 6.60. The molecule has 3 aromatic rings. The molecular weight excluding hydrogens is 344 g/mol. The van der Waals surface area contributed by atoms with E-state index in [0.717, 1.165) is 10.9 Å². The van der Waals surface area contributed by atoms with Crippen molar-refractivity contribution in [1.82, 2.24) is 19.4 Å². The summed E-state index contributed by atoms with van der Waals surface area (Å²) in [5, 5.41) is 4.29. The van der Waals surface area contributed by atoms with Crippen molar-refractivity contribution in [1.29, 1.82) is 0 Å². The zero-order valence-corrected chi connectivity index (χ0v) is 14.3. The van der Waals surface area contributed by atoms with Crippen molar-refractivity contribution in [2.24, 2.45) is 0 Å². The lowest BCUT2D eigenvalue weighted by atomic mass is 10.2. The summed E-state index contributed by atoms with van der Waals surface area (Å²) in [7, 11) is 1.29. The number of hydrogen-bond donors (Lipinski definition) is 1. The lowest BCUT2D eigenvalue weighted by molar-refractivity contribution is -0.145. The molecule has 2 aromatic heterocycles. The van der Waals surface area contributed by atoms with Crippen LogP contribution in [0.4, 0.5) is 0 Å². The van der Waals surface area contributed by atoms with E-state index in [9.17, 15) is 9.59 Å². The second kappa shape index (κ2) is 7.40. The van der Waals surface area contributed by atoms with Gasteiger partial charge in [-0.05, 0) is 23.6 Å². The lowest BCUT2D eigenvalue weighted by Crippen LogP contribution is -2.45. The molecule has 0 fully saturated rings. The van der Waals surface area contributed by atoms with Crippen LogP contribution in [0.15, 0.2) is 49.2 Å². The fraction of sp³-hybridized carbons (Fsp3) is 0.235. The standard InChI is InChI=1S/C17H17ClN4O3/c1-25-17(24)14(9-21-7-5-19-11-21)20-16(23)10-22-6-4-12-2-3-13(18)8-15(12)22/h2-8,11,14H,9-10H2,1H3,(H,20,23)/t14-/m1/s1. The number of fused-ring (bicyclic) bond motifs is 1. The number of halogens is 1. The zero-order chi connectivity index (χ0) is 17.8. The van der Waals surface area contributed by atoms with E-state index in [1.807, 2.05) is 18.3 Å². The van der Waals surface area contributed by atoms with Gasteiger partial charge in [0.2, 0.25) is 5.91 Å². The number of nitrogens with zero attached hydrogens (tertiary/aromatic N) is 3. The molecular formula is C17H17ClN4O3. The molecule has 0 saturated heterocycles. The maximum absolute atomic E-state index is 12.4. The highest BCUT2D eigenvalue weighted by Crippen LogP contribution is 2.20. The Morgan fingerprint density at radius 2 is 2.16 bits per heavy atom. The van der Waals surface area contributed by atoms with E-state index in [-0.39, 0.29) is 19.0 Å². The normalized spacial score (nSPS) is 12.1. The van der Waals surface area contributed by atoms with Crippen molar-refractivity contribution in [2.75, 3.05) is 7.11 Å². The van der Waals surface area contributed by atoms with Gasteiger partial charge in [-0.1, -0.05) is 17.7 Å². The zero-order valence-electron chi connectivity index (χ0n) is 13.6. The van der Waals surface area contributed by atoms with Crippen LogP contribution in [0.25, 0.3) is 10.9 Å². The van der Waals surface area contributed by atoms with E-state index in [2.05, 4.69) is 10.3 Å². The summed E-state index contributed by atoms with van der Waals surface area (Å²) in [4.78, 5) is 28.3. The summed E-state index contributed by atoms with van der Waals surface area (Å²) in [5.74, 6) is -0.810. The number of carbonyl (C=O) groups is 2. The van der Waals surface area contributed by atoms with Crippen LogP contribution in [0.5, 0.6) is 0 Å². The van der Waals surface area contributed by atoms with Crippen molar-refractivity contribution in [3.05, 3.63) is 54.2 Å². The molecule has 2 heterocycles. The SMILES string of the molecule is COC(=O)[C@@H](Cn1ccnc1)NC(=O)Cn1ccc2ccc(Cl)cc21. The van der Waals surface area contributed by atoms with Crippen LogP contribution in [0.2, 0.25) is 5.02 Å². The highest BCUT2D eigenvalue weighted by atomic mass is 35.5. The number of nitrogens with one attached hydrogen (secondary N) is 1. The van der Waals surface area contributed by atoms with E-state index >= 15 is 0 Å². The predicted molar refractivity (Wildman–Crippen MR) is 93.1 cm³/mol. The van der Waals surface area contributed by atoms with Gasteiger partial charge in [0.05, 0.1) is 20.0 Å². The molecule has 8 heteroatoms. The number of rotatable bonds is 6. The number of benzene rings is 1. The molecule has 0 saturated carbocycles. The van der Waals surface area contributed by atoms with Crippen LogP contribution in [0.3, 0.4) is 0 Å². The molecule has 3 rings (SSSR count). The Morgan fingerprint density at radius 3 is 2.88 bits per heavy atom. The van der Waals surface area contributed by atoms with E-state index in [1.54, 1.807) is 40.0 Å². The lowest BCUT2D eigenvalue weighted by Gasteiger charge is -2.17. The number of amides is 1. The number of esters is 1. The smallest absolute Gasteiger partial charge is 0.330 e. The molecule has 130 valence electrons. The Morgan fingerprint density at radius 1 is 1.32 bits per heavy atom. The molecule has 1 amide bonds. The van der Waals surface area contributed by atoms with Crippen LogP contribution >= 0.6 is 11.6 Å². The van der Waals surface area contributed by atoms with Gasteiger partial charge < -0.3 is 19.2 Å². The second-order valence-electron chi connectivity index (χ2n) is 5.55. The first-order valence-corrected chi connectivity index (χ1v) is 8.02. The molecule has 1 atom stereocenters. The Balaban J connectivity index is 1.72. The Kier molecular flexibility index (Phi) is 5.04. The minimum Gasteiger partial charge on any atom is -0.467 e. The molecule has 0 aliphatic heterocycles.